The standard InChI is InChI=1S/C21H27NO2/c1-22-15-14-21(24,18-10-6-3-7-11-18)19(16-22)12-13-20(23)17-8-4-2-5-9-17/h2-11,19-20,23-24H,12-16H2,1H3. The fourth-order valence-electron chi connectivity index (χ4n) is 3.82. The molecule has 2 aromatic rings. The summed E-state index contributed by atoms with van der Waals surface area (Å²) in [5.41, 5.74) is 1.15. The third-order valence-corrected chi connectivity index (χ3v) is 5.33. The summed E-state index contributed by atoms with van der Waals surface area (Å²) < 4.78 is 0. The topological polar surface area (TPSA) is 43.7 Å². The van der Waals surface area contributed by atoms with Crippen molar-refractivity contribution in [2.75, 3.05) is 20.1 Å². The molecule has 1 heterocycles. The Labute approximate surface area is 144 Å². The lowest BCUT2D eigenvalue weighted by Gasteiger charge is -2.44. The number of rotatable bonds is 5. The van der Waals surface area contributed by atoms with Crippen molar-refractivity contribution in [1.82, 2.24) is 4.90 Å². The molecule has 3 heteroatoms. The minimum absolute atomic E-state index is 0.122. The zero-order valence-electron chi connectivity index (χ0n) is 14.3. The highest BCUT2D eigenvalue weighted by molar-refractivity contribution is 5.24. The predicted molar refractivity (Wildman–Crippen MR) is 96.6 cm³/mol. The van der Waals surface area contributed by atoms with Gasteiger partial charge in [0, 0.05) is 19.0 Å². The van der Waals surface area contributed by atoms with E-state index in [2.05, 4.69) is 11.9 Å². The Balaban J connectivity index is 1.73. The summed E-state index contributed by atoms with van der Waals surface area (Å²) in [5, 5.41) is 21.9. The van der Waals surface area contributed by atoms with Gasteiger partial charge in [-0.05, 0) is 37.4 Å². The predicted octanol–water partition coefficient (Wildman–Crippen LogP) is 3.34. The van der Waals surface area contributed by atoms with Gasteiger partial charge < -0.3 is 15.1 Å². The van der Waals surface area contributed by atoms with Gasteiger partial charge in [0.05, 0.1) is 11.7 Å². The van der Waals surface area contributed by atoms with Crippen LogP contribution in [0.2, 0.25) is 0 Å². The number of likely N-dealkylation sites (tertiary alicyclic amines) is 1. The van der Waals surface area contributed by atoms with Crippen LogP contribution in [0.4, 0.5) is 0 Å². The number of aliphatic hydroxyl groups excluding tert-OH is 1. The lowest BCUT2D eigenvalue weighted by atomic mass is 9.73. The minimum atomic E-state index is -0.801. The first-order valence-corrected chi connectivity index (χ1v) is 8.79. The van der Waals surface area contributed by atoms with Crippen LogP contribution in [0.3, 0.4) is 0 Å². The summed E-state index contributed by atoms with van der Waals surface area (Å²) in [7, 11) is 2.10. The molecule has 0 aromatic heterocycles. The molecule has 0 aliphatic carbocycles. The Bertz CT molecular complexity index is 631. The van der Waals surface area contributed by atoms with Crippen molar-refractivity contribution in [3.05, 3.63) is 71.8 Å². The molecule has 1 saturated heterocycles. The zero-order chi connectivity index (χ0) is 17.0. The van der Waals surface area contributed by atoms with E-state index >= 15 is 0 Å². The molecule has 0 bridgehead atoms. The zero-order valence-corrected chi connectivity index (χ0v) is 14.3. The van der Waals surface area contributed by atoms with E-state index in [4.69, 9.17) is 0 Å². The molecule has 2 aromatic carbocycles. The van der Waals surface area contributed by atoms with E-state index in [1.54, 1.807) is 0 Å². The monoisotopic (exact) mass is 325 g/mol. The first-order valence-electron chi connectivity index (χ1n) is 8.79. The van der Waals surface area contributed by atoms with Crippen LogP contribution in [-0.2, 0) is 5.60 Å². The second-order valence-corrected chi connectivity index (χ2v) is 7.00. The summed E-state index contributed by atoms with van der Waals surface area (Å²) in [6.07, 6.45) is 1.72. The van der Waals surface area contributed by atoms with Crippen LogP contribution >= 0.6 is 0 Å². The van der Waals surface area contributed by atoms with Crippen LogP contribution in [0.25, 0.3) is 0 Å². The van der Waals surface area contributed by atoms with Crippen LogP contribution in [0, 0.1) is 5.92 Å². The van der Waals surface area contributed by atoms with Gasteiger partial charge in [-0.1, -0.05) is 60.7 Å². The summed E-state index contributed by atoms with van der Waals surface area (Å²) in [4.78, 5) is 2.27. The number of hydrogen-bond donors (Lipinski definition) is 2. The first kappa shape index (κ1) is 17.2. The van der Waals surface area contributed by atoms with Gasteiger partial charge in [0.2, 0.25) is 0 Å². The van der Waals surface area contributed by atoms with Gasteiger partial charge >= 0.3 is 0 Å². The van der Waals surface area contributed by atoms with Crippen molar-refractivity contribution in [1.29, 1.82) is 0 Å². The van der Waals surface area contributed by atoms with E-state index < -0.39 is 11.7 Å². The summed E-state index contributed by atoms with van der Waals surface area (Å²) >= 11 is 0. The van der Waals surface area contributed by atoms with Crippen LogP contribution in [0.1, 0.15) is 36.5 Å². The molecule has 0 radical (unpaired) electrons. The van der Waals surface area contributed by atoms with Crippen molar-refractivity contribution < 1.29 is 10.2 Å². The molecule has 3 atom stereocenters. The Kier molecular flexibility index (Phi) is 5.34. The number of hydrogen-bond acceptors (Lipinski definition) is 3. The van der Waals surface area contributed by atoms with Gasteiger partial charge in [-0.2, -0.15) is 0 Å². The Morgan fingerprint density at radius 3 is 2.38 bits per heavy atom. The smallest absolute Gasteiger partial charge is 0.0948 e. The maximum absolute atomic E-state index is 11.4. The van der Waals surface area contributed by atoms with Crippen molar-refractivity contribution in [3.8, 4) is 0 Å². The van der Waals surface area contributed by atoms with E-state index in [1.165, 1.54) is 0 Å². The summed E-state index contributed by atoms with van der Waals surface area (Å²) in [6, 6.07) is 19.8. The van der Waals surface area contributed by atoms with E-state index in [-0.39, 0.29) is 5.92 Å². The fourth-order valence-corrected chi connectivity index (χ4v) is 3.82. The molecule has 24 heavy (non-hydrogen) atoms. The molecule has 3 unspecified atom stereocenters. The Morgan fingerprint density at radius 1 is 1.08 bits per heavy atom. The molecule has 3 nitrogen and oxygen atoms in total. The molecule has 1 aliphatic heterocycles. The van der Waals surface area contributed by atoms with Crippen molar-refractivity contribution in [3.63, 3.8) is 0 Å². The first-order chi connectivity index (χ1) is 11.6. The van der Waals surface area contributed by atoms with Crippen LogP contribution in [-0.4, -0.2) is 35.3 Å². The van der Waals surface area contributed by atoms with Gasteiger partial charge in [-0.25, -0.2) is 0 Å². The average Bonchev–Trinajstić information content (AvgIpc) is 2.64. The van der Waals surface area contributed by atoms with Crippen LogP contribution in [0.15, 0.2) is 60.7 Å². The van der Waals surface area contributed by atoms with Gasteiger partial charge in [-0.15, -0.1) is 0 Å². The van der Waals surface area contributed by atoms with E-state index in [1.807, 2.05) is 60.7 Å². The molecular formula is C21H27NO2. The Morgan fingerprint density at radius 2 is 1.71 bits per heavy atom. The highest BCUT2D eigenvalue weighted by Crippen LogP contribution is 2.40. The molecule has 0 spiro atoms. The molecule has 0 amide bonds. The molecular weight excluding hydrogens is 298 g/mol. The number of benzene rings is 2. The maximum Gasteiger partial charge on any atom is 0.0948 e. The third-order valence-electron chi connectivity index (χ3n) is 5.33. The van der Waals surface area contributed by atoms with Crippen LogP contribution < -0.4 is 0 Å². The number of nitrogens with zero attached hydrogens (tertiary/aromatic N) is 1. The molecule has 0 saturated carbocycles. The maximum atomic E-state index is 11.4. The minimum Gasteiger partial charge on any atom is -0.388 e. The Hall–Kier alpha value is -1.68. The van der Waals surface area contributed by atoms with Crippen molar-refractivity contribution >= 4 is 0 Å². The van der Waals surface area contributed by atoms with Gasteiger partial charge in [-0.3, -0.25) is 0 Å². The summed E-state index contributed by atoms with van der Waals surface area (Å²) in [5.74, 6) is 0.122. The summed E-state index contributed by atoms with van der Waals surface area (Å²) in [6.45, 7) is 1.75. The SMILES string of the molecule is CN1CCC(O)(c2ccccc2)C(CCC(O)c2ccccc2)C1. The van der Waals surface area contributed by atoms with Crippen molar-refractivity contribution in [2.45, 2.75) is 31.0 Å². The van der Waals surface area contributed by atoms with Gasteiger partial charge in [0.15, 0.2) is 0 Å². The average molecular weight is 325 g/mol. The molecule has 1 fully saturated rings. The van der Waals surface area contributed by atoms with Crippen molar-refractivity contribution in [2.24, 2.45) is 5.92 Å². The molecule has 2 N–H and O–H groups in total. The van der Waals surface area contributed by atoms with Gasteiger partial charge in [0.25, 0.3) is 0 Å². The largest absolute Gasteiger partial charge is 0.388 e. The van der Waals surface area contributed by atoms with Crippen LogP contribution in [0.5, 0.6) is 0 Å². The second kappa shape index (κ2) is 7.47. The third kappa shape index (κ3) is 3.69. The normalized spacial score (nSPS) is 26.2. The number of piperidine rings is 1. The van der Waals surface area contributed by atoms with E-state index in [0.29, 0.717) is 6.42 Å². The molecule has 3 rings (SSSR count). The quantitative estimate of drug-likeness (QED) is 0.886. The van der Waals surface area contributed by atoms with E-state index in [9.17, 15) is 10.2 Å². The molecule has 1 aliphatic rings. The second-order valence-electron chi connectivity index (χ2n) is 7.00. The lowest BCUT2D eigenvalue weighted by Crippen LogP contribution is -2.48. The highest BCUT2D eigenvalue weighted by Gasteiger charge is 2.41. The number of aliphatic hydroxyl groups is 2. The molecule has 128 valence electrons. The van der Waals surface area contributed by atoms with Gasteiger partial charge in [0.1, 0.15) is 0 Å². The van der Waals surface area contributed by atoms with E-state index in [0.717, 1.165) is 37.1 Å². The highest BCUT2D eigenvalue weighted by atomic mass is 16.3. The fraction of sp³-hybridized carbons (Fsp3) is 0.429. The lowest BCUT2D eigenvalue weighted by molar-refractivity contribution is -0.0793.